The molecule has 1 aliphatic rings. The second-order valence-corrected chi connectivity index (χ2v) is 6.79. The van der Waals surface area contributed by atoms with Gasteiger partial charge in [0.15, 0.2) is 0 Å². The molecule has 1 heterocycles. The van der Waals surface area contributed by atoms with Crippen LogP contribution < -0.4 is 5.73 Å². The summed E-state index contributed by atoms with van der Waals surface area (Å²) in [4.78, 5) is 2.44. The number of benzene rings is 1. The number of likely N-dealkylation sites (N-methyl/N-ethyl adjacent to an activating group) is 2. The first kappa shape index (κ1) is 13.3. The van der Waals surface area contributed by atoms with Gasteiger partial charge in [-0.05, 0) is 44.3 Å². The fourth-order valence-electron chi connectivity index (χ4n) is 2.21. The van der Waals surface area contributed by atoms with Crippen LogP contribution in [0.1, 0.15) is 6.42 Å². The molecule has 1 saturated heterocycles. The predicted molar refractivity (Wildman–Crippen MR) is 71.7 cm³/mol. The molecule has 0 aromatic heterocycles. The van der Waals surface area contributed by atoms with Gasteiger partial charge in [-0.1, -0.05) is 0 Å². The second-order valence-electron chi connectivity index (χ2n) is 4.80. The van der Waals surface area contributed by atoms with Gasteiger partial charge in [-0.25, -0.2) is 8.42 Å². The first-order valence-corrected chi connectivity index (χ1v) is 7.37. The molecule has 0 saturated carbocycles. The van der Waals surface area contributed by atoms with Crippen LogP contribution >= 0.6 is 0 Å². The summed E-state index contributed by atoms with van der Waals surface area (Å²) in [5, 5.41) is 0. The summed E-state index contributed by atoms with van der Waals surface area (Å²) in [5.41, 5.74) is 6.14. The van der Waals surface area contributed by atoms with Crippen LogP contribution in [0.5, 0.6) is 0 Å². The van der Waals surface area contributed by atoms with Crippen molar-refractivity contribution in [2.75, 3.05) is 32.9 Å². The zero-order valence-electron chi connectivity index (χ0n) is 10.7. The third-order valence-electron chi connectivity index (χ3n) is 3.44. The highest BCUT2D eigenvalue weighted by Gasteiger charge is 2.31. The fourth-order valence-corrected chi connectivity index (χ4v) is 3.59. The van der Waals surface area contributed by atoms with E-state index in [0.717, 1.165) is 19.5 Å². The van der Waals surface area contributed by atoms with Crippen molar-refractivity contribution in [3.63, 3.8) is 0 Å². The number of nitrogens with two attached hydrogens (primary N) is 1. The van der Waals surface area contributed by atoms with Gasteiger partial charge in [0.25, 0.3) is 0 Å². The van der Waals surface area contributed by atoms with Gasteiger partial charge in [0.05, 0.1) is 4.90 Å². The Hall–Kier alpha value is -1.11. The lowest BCUT2D eigenvalue weighted by molar-refractivity contribution is 0.345. The van der Waals surface area contributed by atoms with Crippen LogP contribution in [0.4, 0.5) is 5.69 Å². The lowest BCUT2D eigenvalue weighted by atomic mass is 10.3. The molecule has 6 heteroatoms. The van der Waals surface area contributed by atoms with Crippen LogP contribution in [0.2, 0.25) is 0 Å². The van der Waals surface area contributed by atoms with Crippen LogP contribution in [0.3, 0.4) is 0 Å². The summed E-state index contributed by atoms with van der Waals surface area (Å²) < 4.78 is 26.3. The van der Waals surface area contributed by atoms with E-state index in [4.69, 9.17) is 5.73 Å². The van der Waals surface area contributed by atoms with Crippen molar-refractivity contribution in [2.24, 2.45) is 0 Å². The number of sulfonamides is 1. The topological polar surface area (TPSA) is 66.6 Å². The molecule has 2 rings (SSSR count). The maximum atomic E-state index is 12.4. The van der Waals surface area contributed by atoms with E-state index in [2.05, 4.69) is 4.90 Å². The van der Waals surface area contributed by atoms with E-state index in [1.807, 2.05) is 7.05 Å². The molecule has 1 aliphatic heterocycles. The predicted octanol–water partition coefficient (Wildman–Crippen LogP) is 0.593. The fraction of sp³-hybridized carbons (Fsp3) is 0.500. The van der Waals surface area contributed by atoms with E-state index >= 15 is 0 Å². The molecule has 1 aromatic carbocycles. The van der Waals surface area contributed by atoms with E-state index in [9.17, 15) is 8.42 Å². The van der Waals surface area contributed by atoms with Crippen LogP contribution in [0.15, 0.2) is 29.2 Å². The molecular weight excluding hydrogens is 250 g/mol. The molecule has 0 aliphatic carbocycles. The summed E-state index contributed by atoms with van der Waals surface area (Å²) in [6, 6.07) is 6.39. The van der Waals surface area contributed by atoms with Crippen molar-refractivity contribution in [2.45, 2.75) is 17.4 Å². The highest BCUT2D eigenvalue weighted by atomic mass is 32.2. The second kappa shape index (κ2) is 4.87. The Morgan fingerprint density at radius 3 is 2.44 bits per heavy atom. The Morgan fingerprint density at radius 2 is 1.94 bits per heavy atom. The van der Waals surface area contributed by atoms with Gasteiger partial charge >= 0.3 is 0 Å². The molecular formula is C12H19N3O2S. The zero-order chi connectivity index (χ0) is 13.3. The number of rotatable bonds is 3. The number of likely N-dealkylation sites (tertiary alicyclic amines) is 1. The van der Waals surface area contributed by atoms with Gasteiger partial charge in [0, 0.05) is 25.3 Å². The van der Waals surface area contributed by atoms with Gasteiger partial charge in [0.1, 0.15) is 0 Å². The minimum absolute atomic E-state index is 0.0533. The van der Waals surface area contributed by atoms with E-state index in [-0.39, 0.29) is 6.04 Å². The molecule has 0 bridgehead atoms. The molecule has 1 fully saturated rings. The average Bonchev–Trinajstić information content (AvgIpc) is 2.75. The zero-order valence-corrected chi connectivity index (χ0v) is 11.5. The Kier molecular flexibility index (Phi) is 3.61. The van der Waals surface area contributed by atoms with Crippen LogP contribution in [0, 0.1) is 0 Å². The first-order chi connectivity index (χ1) is 8.41. The van der Waals surface area contributed by atoms with E-state index in [1.54, 1.807) is 31.3 Å². The van der Waals surface area contributed by atoms with Crippen molar-refractivity contribution < 1.29 is 8.42 Å². The summed E-state index contributed by atoms with van der Waals surface area (Å²) in [6.07, 6.45) is 0.876. The minimum atomic E-state index is -3.41. The normalized spacial score (nSPS) is 21.6. The number of anilines is 1. The van der Waals surface area contributed by atoms with Gasteiger partial charge in [0.2, 0.25) is 10.0 Å². The molecule has 1 atom stereocenters. The lowest BCUT2D eigenvalue weighted by Crippen LogP contribution is -2.38. The number of nitrogen functional groups attached to an aromatic ring is 1. The largest absolute Gasteiger partial charge is 0.399 e. The minimum Gasteiger partial charge on any atom is -0.399 e. The lowest BCUT2D eigenvalue weighted by Gasteiger charge is -2.23. The van der Waals surface area contributed by atoms with Crippen LogP contribution in [0.25, 0.3) is 0 Å². The Morgan fingerprint density at radius 1 is 1.33 bits per heavy atom. The maximum absolute atomic E-state index is 12.4. The summed E-state index contributed by atoms with van der Waals surface area (Å²) in [5.74, 6) is 0. The third-order valence-corrected chi connectivity index (χ3v) is 5.36. The number of nitrogens with zero attached hydrogens (tertiary/aromatic N) is 2. The Labute approximate surface area is 108 Å². The van der Waals surface area contributed by atoms with Crippen molar-refractivity contribution in [1.82, 2.24) is 9.21 Å². The number of hydrogen-bond acceptors (Lipinski definition) is 4. The SMILES string of the molecule is CN1CC[C@H](N(C)S(=O)(=O)c2ccc(N)cc2)C1. The highest BCUT2D eigenvalue weighted by molar-refractivity contribution is 7.89. The van der Waals surface area contributed by atoms with E-state index in [1.165, 1.54) is 4.31 Å². The van der Waals surface area contributed by atoms with Gasteiger partial charge in [-0.3, -0.25) is 0 Å². The molecule has 100 valence electrons. The van der Waals surface area contributed by atoms with Crippen molar-refractivity contribution in [3.05, 3.63) is 24.3 Å². The van der Waals surface area contributed by atoms with E-state index in [0.29, 0.717) is 10.6 Å². The monoisotopic (exact) mass is 269 g/mol. The molecule has 5 nitrogen and oxygen atoms in total. The summed E-state index contributed by atoms with van der Waals surface area (Å²) in [6.45, 7) is 1.72. The molecule has 1 aromatic rings. The highest BCUT2D eigenvalue weighted by Crippen LogP contribution is 2.22. The summed E-state index contributed by atoms with van der Waals surface area (Å²) in [7, 11) is 0.240. The molecule has 0 amide bonds. The smallest absolute Gasteiger partial charge is 0.243 e. The summed E-state index contributed by atoms with van der Waals surface area (Å²) >= 11 is 0. The molecule has 0 unspecified atom stereocenters. The van der Waals surface area contributed by atoms with Crippen LogP contribution in [-0.2, 0) is 10.0 Å². The van der Waals surface area contributed by atoms with Gasteiger partial charge in [-0.15, -0.1) is 0 Å². The van der Waals surface area contributed by atoms with Crippen molar-refractivity contribution in [1.29, 1.82) is 0 Å². The maximum Gasteiger partial charge on any atom is 0.243 e. The van der Waals surface area contributed by atoms with Crippen LogP contribution in [-0.4, -0.2) is 50.8 Å². The average molecular weight is 269 g/mol. The Balaban J connectivity index is 2.23. The first-order valence-electron chi connectivity index (χ1n) is 5.93. The molecule has 0 spiro atoms. The van der Waals surface area contributed by atoms with Crippen molar-refractivity contribution in [3.8, 4) is 0 Å². The van der Waals surface area contributed by atoms with Gasteiger partial charge in [-0.2, -0.15) is 4.31 Å². The van der Waals surface area contributed by atoms with Crippen molar-refractivity contribution >= 4 is 15.7 Å². The quantitative estimate of drug-likeness (QED) is 0.816. The van der Waals surface area contributed by atoms with E-state index < -0.39 is 10.0 Å². The number of hydrogen-bond donors (Lipinski definition) is 1. The third kappa shape index (κ3) is 2.50. The molecule has 18 heavy (non-hydrogen) atoms. The molecule has 0 radical (unpaired) electrons. The van der Waals surface area contributed by atoms with Gasteiger partial charge < -0.3 is 10.6 Å². The standard InChI is InChI=1S/C12H19N3O2S/c1-14-8-7-11(9-14)15(2)18(16,17)12-5-3-10(13)4-6-12/h3-6,11H,7-9,13H2,1-2H3/t11-/m0/s1. The molecule has 2 N–H and O–H groups in total. The Bertz CT molecular complexity index is 513.